The van der Waals surface area contributed by atoms with E-state index in [0.717, 1.165) is 4.90 Å². The molecular weight excluding hydrogens is 198 g/mol. The zero-order valence-corrected chi connectivity index (χ0v) is 9.15. The van der Waals surface area contributed by atoms with Gasteiger partial charge in [-0.25, -0.2) is 9.69 Å². The maximum Gasteiger partial charge on any atom is 0.417 e. The summed E-state index contributed by atoms with van der Waals surface area (Å²) in [7, 11) is 0. The molecule has 0 unspecified atom stereocenters. The molecule has 0 N–H and O–H groups in total. The first-order chi connectivity index (χ1) is 6.83. The molecule has 1 heterocycles. The van der Waals surface area contributed by atoms with Gasteiger partial charge in [0.2, 0.25) is 5.91 Å². The number of amides is 2. The molecule has 1 aliphatic rings. The molecule has 0 saturated carbocycles. The summed E-state index contributed by atoms with van der Waals surface area (Å²) in [6.07, 6.45) is 0.127. The third-order valence-corrected chi connectivity index (χ3v) is 1.96. The Labute approximate surface area is 88.4 Å². The first-order valence-corrected chi connectivity index (χ1v) is 4.82. The second-order valence-corrected chi connectivity index (χ2v) is 4.58. The van der Waals surface area contributed by atoms with E-state index in [1.54, 1.807) is 20.8 Å². The molecule has 0 aromatic carbocycles. The van der Waals surface area contributed by atoms with Crippen molar-refractivity contribution in [1.29, 1.82) is 0 Å². The quantitative estimate of drug-likeness (QED) is 0.609. The molecule has 0 aliphatic carbocycles. The maximum absolute atomic E-state index is 11.5. The fraction of sp³-hybridized carbons (Fsp3) is 0.700. The molecule has 1 aliphatic heterocycles. The number of nitrogens with zero attached hydrogens (tertiary/aromatic N) is 1. The maximum atomic E-state index is 11.5. The van der Waals surface area contributed by atoms with Gasteiger partial charge in [0, 0.05) is 18.9 Å². The van der Waals surface area contributed by atoms with Crippen LogP contribution in [-0.4, -0.2) is 35.3 Å². The SMILES string of the molecule is CC(C)(C)OC(=O)N1C[C@@H](C=O)CC1=O. The summed E-state index contributed by atoms with van der Waals surface area (Å²) in [5, 5.41) is 0. The lowest BCUT2D eigenvalue weighted by Gasteiger charge is -2.23. The molecule has 0 spiro atoms. The smallest absolute Gasteiger partial charge is 0.417 e. The summed E-state index contributed by atoms with van der Waals surface area (Å²) in [6.45, 7) is 5.31. The van der Waals surface area contributed by atoms with Gasteiger partial charge in [-0.3, -0.25) is 4.79 Å². The van der Waals surface area contributed by atoms with Gasteiger partial charge < -0.3 is 9.53 Å². The van der Waals surface area contributed by atoms with Gasteiger partial charge in [-0.15, -0.1) is 0 Å². The predicted octanol–water partition coefficient (Wildman–Crippen LogP) is 0.969. The van der Waals surface area contributed by atoms with Crippen LogP contribution in [0, 0.1) is 5.92 Å². The number of likely N-dealkylation sites (tertiary alicyclic amines) is 1. The van der Waals surface area contributed by atoms with E-state index in [1.165, 1.54) is 0 Å². The van der Waals surface area contributed by atoms with Crippen LogP contribution in [0.3, 0.4) is 0 Å². The molecule has 84 valence electrons. The number of hydrogen-bond acceptors (Lipinski definition) is 4. The highest BCUT2D eigenvalue weighted by atomic mass is 16.6. The van der Waals surface area contributed by atoms with E-state index in [9.17, 15) is 14.4 Å². The number of carbonyl (C=O) groups excluding carboxylic acids is 3. The summed E-state index contributed by atoms with van der Waals surface area (Å²) in [4.78, 5) is 34.3. The van der Waals surface area contributed by atoms with Crippen molar-refractivity contribution in [3.63, 3.8) is 0 Å². The Kier molecular flexibility index (Phi) is 3.12. The normalized spacial score (nSPS) is 21.7. The van der Waals surface area contributed by atoms with Gasteiger partial charge in [-0.1, -0.05) is 0 Å². The van der Waals surface area contributed by atoms with E-state index < -0.39 is 11.7 Å². The first-order valence-electron chi connectivity index (χ1n) is 4.82. The van der Waals surface area contributed by atoms with E-state index in [1.807, 2.05) is 0 Å². The number of carbonyl (C=O) groups is 3. The topological polar surface area (TPSA) is 63.7 Å². The summed E-state index contributed by atoms with van der Waals surface area (Å²) >= 11 is 0. The molecule has 0 aromatic rings. The minimum Gasteiger partial charge on any atom is -0.443 e. The van der Waals surface area contributed by atoms with E-state index in [0.29, 0.717) is 6.29 Å². The standard InChI is InChI=1S/C10H15NO4/c1-10(2,3)15-9(14)11-5-7(6-12)4-8(11)13/h6-7H,4-5H2,1-3H3/t7-/m0/s1. The average molecular weight is 213 g/mol. The van der Waals surface area contributed by atoms with Gasteiger partial charge in [-0.05, 0) is 20.8 Å². The van der Waals surface area contributed by atoms with Crippen molar-refractivity contribution < 1.29 is 19.1 Å². The Balaban J connectivity index is 2.62. The first kappa shape index (κ1) is 11.7. The molecule has 5 heteroatoms. The Morgan fingerprint density at radius 3 is 2.53 bits per heavy atom. The highest BCUT2D eigenvalue weighted by Gasteiger charge is 2.36. The predicted molar refractivity (Wildman–Crippen MR) is 52.1 cm³/mol. The van der Waals surface area contributed by atoms with Gasteiger partial charge in [0.15, 0.2) is 0 Å². The van der Waals surface area contributed by atoms with Crippen molar-refractivity contribution in [2.75, 3.05) is 6.54 Å². The molecule has 1 rings (SSSR count). The molecule has 0 bridgehead atoms. The van der Waals surface area contributed by atoms with Crippen LogP contribution in [0.4, 0.5) is 4.79 Å². The lowest BCUT2D eigenvalue weighted by Crippen LogP contribution is -2.37. The fourth-order valence-electron chi connectivity index (χ4n) is 1.32. The Bertz CT molecular complexity index is 292. The monoisotopic (exact) mass is 213 g/mol. The highest BCUT2D eigenvalue weighted by Crippen LogP contribution is 2.19. The Hall–Kier alpha value is -1.39. The van der Waals surface area contributed by atoms with Gasteiger partial charge >= 0.3 is 6.09 Å². The van der Waals surface area contributed by atoms with Crippen LogP contribution in [0.25, 0.3) is 0 Å². The lowest BCUT2D eigenvalue weighted by molar-refractivity contribution is -0.127. The zero-order valence-electron chi connectivity index (χ0n) is 9.15. The molecule has 15 heavy (non-hydrogen) atoms. The van der Waals surface area contributed by atoms with Gasteiger partial charge in [0.25, 0.3) is 0 Å². The van der Waals surface area contributed by atoms with Crippen LogP contribution in [0.5, 0.6) is 0 Å². The minimum absolute atomic E-state index is 0.0999. The average Bonchev–Trinajstić information content (AvgIpc) is 2.43. The van der Waals surface area contributed by atoms with Crippen molar-refractivity contribution >= 4 is 18.3 Å². The summed E-state index contributed by atoms with van der Waals surface area (Å²) < 4.78 is 5.04. The van der Waals surface area contributed by atoms with Crippen molar-refractivity contribution in [2.45, 2.75) is 32.8 Å². The second kappa shape index (κ2) is 4.00. The Morgan fingerprint density at radius 2 is 2.13 bits per heavy atom. The van der Waals surface area contributed by atoms with E-state index in [-0.39, 0.29) is 24.8 Å². The van der Waals surface area contributed by atoms with Crippen LogP contribution in [0.1, 0.15) is 27.2 Å². The molecule has 1 fully saturated rings. The number of hydrogen-bond donors (Lipinski definition) is 0. The van der Waals surface area contributed by atoms with Crippen LogP contribution in [0.2, 0.25) is 0 Å². The number of ether oxygens (including phenoxy) is 1. The summed E-state index contributed by atoms with van der Waals surface area (Å²) in [6, 6.07) is 0. The van der Waals surface area contributed by atoms with E-state index >= 15 is 0 Å². The van der Waals surface area contributed by atoms with Crippen molar-refractivity contribution in [1.82, 2.24) is 4.90 Å². The molecule has 0 aromatic heterocycles. The molecule has 0 radical (unpaired) electrons. The van der Waals surface area contributed by atoms with Gasteiger partial charge in [0.05, 0.1) is 0 Å². The molecule has 1 atom stereocenters. The van der Waals surface area contributed by atoms with E-state index in [4.69, 9.17) is 4.74 Å². The highest BCUT2D eigenvalue weighted by molar-refractivity contribution is 5.95. The zero-order chi connectivity index (χ0) is 11.6. The van der Waals surface area contributed by atoms with Crippen molar-refractivity contribution in [3.05, 3.63) is 0 Å². The van der Waals surface area contributed by atoms with E-state index in [2.05, 4.69) is 0 Å². The third-order valence-electron chi connectivity index (χ3n) is 1.96. The van der Waals surface area contributed by atoms with Crippen LogP contribution < -0.4 is 0 Å². The third kappa shape index (κ3) is 3.04. The van der Waals surface area contributed by atoms with Crippen LogP contribution in [-0.2, 0) is 14.3 Å². The molecular formula is C10H15NO4. The summed E-state index contributed by atoms with van der Waals surface area (Å²) in [5.74, 6) is -0.730. The number of aldehydes is 1. The molecule has 2 amide bonds. The number of rotatable bonds is 1. The fourth-order valence-corrected chi connectivity index (χ4v) is 1.32. The van der Waals surface area contributed by atoms with Crippen LogP contribution in [0.15, 0.2) is 0 Å². The second-order valence-electron chi connectivity index (χ2n) is 4.58. The van der Waals surface area contributed by atoms with Crippen LogP contribution >= 0.6 is 0 Å². The molecule has 5 nitrogen and oxygen atoms in total. The molecule has 1 saturated heterocycles. The number of imide groups is 1. The Morgan fingerprint density at radius 1 is 1.53 bits per heavy atom. The lowest BCUT2D eigenvalue weighted by atomic mass is 10.1. The van der Waals surface area contributed by atoms with Crippen molar-refractivity contribution in [3.8, 4) is 0 Å². The summed E-state index contributed by atoms with van der Waals surface area (Å²) in [5.41, 5.74) is -0.628. The van der Waals surface area contributed by atoms with Gasteiger partial charge in [-0.2, -0.15) is 0 Å². The minimum atomic E-state index is -0.670. The van der Waals surface area contributed by atoms with Crippen molar-refractivity contribution in [2.24, 2.45) is 5.92 Å². The largest absolute Gasteiger partial charge is 0.443 e. The van der Waals surface area contributed by atoms with Gasteiger partial charge in [0.1, 0.15) is 11.9 Å².